The van der Waals surface area contributed by atoms with Crippen LogP contribution in [0.2, 0.25) is 10.0 Å². The summed E-state index contributed by atoms with van der Waals surface area (Å²) in [4.78, 5) is 0. The van der Waals surface area contributed by atoms with Crippen molar-refractivity contribution in [2.24, 2.45) is 0 Å². The monoisotopic (exact) mass is 349 g/mol. The van der Waals surface area contributed by atoms with E-state index in [2.05, 4.69) is 49.6 Å². The molecule has 1 aromatic rings. The highest BCUT2D eigenvalue weighted by Crippen LogP contribution is 2.42. The van der Waals surface area contributed by atoms with Crippen LogP contribution in [0.3, 0.4) is 0 Å². The summed E-state index contributed by atoms with van der Waals surface area (Å²) in [6.07, 6.45) is 0. The Labute approximate surface area is 140 Å². The molecule has 1 aromatic carbocycles. The van der Waals surface area contributed by atoms with E-state index in [0.717, 1.165) is 27.9 Å². The first kappa shape index (κ1) is 16.8. The minimum atomic E-state index is 0.263. The van der Waals surface area contributed by atoms with Gasteiger partial charge in [0.15, 0.2) is 0 Å². The molecule has 0 aromatic heterocycles. The number of rotatable bonds is 4. The fraction of sp³-hybridized carbons (Fsp3) is 0.600. The molecule has 1 saturated heterocycles. The molecule has 0 saturated carbocycles. The highest BCUT2D eigenvalue weighted by Gasteiger charge is 2.32. The van der Waals surface area contributed by atoms with Crippen molar-refractivity contribution in [3.05, 3.63) is 33.8 Å². The number of benzene rings is 1. The van der Waals surface area contributed by atoms with Gasteiger partial charge in [0.25, 0.3) is 0 Å². The van der Waals surface area contributed by atoms with Crippen molar-refractivity contribution < 1.29 is 0 Å². The summed E-state index contributed by atoms with van der Waals surface area (Å²) in [7, 11) is 0. The first-order chi connectivity index (χ1) is 9.52. The van der Waals surface area contributed by atoms with Crippen molar-refractivity contribution in [1.29, 1.82) is 0 Å². The molecule has 1 fully saturated rings. The first-order valence-electron chi connectivity index (χ1n) is 6.98. The summed E-state index contributed by atoms with van der Waals surface area (Å²) < 4.78 is 0. The lowest BCUT2D eigenvalue weighted by Crippen LogP contribution is -2.37. The smallest absolute Gasteiger partial charge is 0.0464 e. The maximum absolute atomic E-state index is 6.40. The van der Waals surface area contributed by atoms with Crippen molar-refractivity contribution in [2.45, 2.75) is 42.6 Å². The van der Waals surface area contributed by atoms with Crippen LogP contribution in [0.15, 0.2) is 18.2 Å². The molecule has 0 spiro atoms. The Kier molecular flexibility index (Phi) is 6.43. The molecular weight excluding hydrogens is 329 g/mol. The number of hydrogen-bond donors (Lipinski definition) is 1. The maximum atomic E-state index is 6.40. The molecule has 4 atom stereocenters. The van der Waals surface area contributed by atoms with E-state index in [1.54, 1.807) is 0 Å². The third kappa shape index (κ3) is 4.01. The average molecular weight is 350 g/mol. The molecule has 20 heavy (non-hydrogen) atoms. The van der Waals surface area contributed by atoms with E-state index >= 15 is 0 Å². The second-order valence-corrected chi connectivity index (χ2v) is 8.99. The summed E-state index contributed by atoms with van der Waals surface area (Å²) in [5, 5.41) is 7.06. The molecule has 0 amide bonds. The standard InChI is InChI=1S/C15H21Cl2NS2/c1-4-18-15(12-7-11(16)5-6-13(12)17)14-8-19-9(2)10(3)20-14/h5-7,9-10,14-15,18H,4,8H2,1-3H3. The average Bonchev–Trinajstić information content (AvgIpc) is 2.42. The van der Waals surface area contributed by atoms with Crippen LogP contribution in [0.5, 0.6) is 0 Å². The number of thioether (sulfide) groups is 2. The molecule has 1 aliphatic rings. The van der Waals surface area contributed by atoms with Crippen molar-refractivity contribution in [3.8, 4) is 0 Å². The lowest BCUT2D eigenvalue weighted by molar-refractivity contribution is 0.548. The molecule has 1 nitrogen and oxygen atoms in total. The van der Waals surface area contributed by atoms with Crippen LogP contribution < -0.4 is 5.32 Å². The van der Waals surface area contributed by atoms with E-state index in [1.807, 2.05) is 18.2 Å². The zero-order chi connectivity index (χ0) is 14.7. The van der Waals surface area contributed by atoms with Crippen LogP contribution in [-0.4, -0.2) is 28.0 Å². The zero-order valence-corrected chi connectivity index (χ0v) is 15.2. The molecule has 0 aliphatic carbocycles. The molecule has 5 heteroatoms. The quantitative estimate of drug-likeness (QED) is 0.794. The largest absolute Gasteiger partial charge is 0.309 e. The minimum Gasteiger partial charge on any atom is -0.309 e. The Morgan fingerprint density at radius 3 is 2.70 bits per heavy atom. The van der Waals surface area contributed by atoms with Gasteiger partial charge in [-0.1, -0.05) is 44.0 Å². The summed E-state index contributed by atoms with van der Waals surface area (Å²) >= 11 is 16.7. The van der Waals surface area contributed by atoms with E-state index < -0.39 is 0 Å². The summed E-state index contributed by atoms with van der Waals surface area (Å²) in [6.45, 7) is 7.70. The molecule has 0 bridgehead atoms. The van der Waals surface area contributed by atoms with Crippen molar-refractivity contribution in [3.63, 3.8) is 0 Å². The van der Waals surface area contributed by atoms with Crippen molar-refractivity contribution >= 4 is 46.7 Å². The lowest BCUT2D eigenvalue weighted by atomic mass is 10.0. The predicted molar refractivity (Wildman–Crippen MR) is 95.6 cm³/mol. The maximum Gasteiger partial charge on any atom is 0.0464 e. The van der Waals surface area contributed by atoms with Gasteiger partial charge in [-0.2, -0.15) is 23.5 Å². The molecule has 4 unspecified atom stereocenters. The highest BCUT2D eigenvalue weighted by atomic mass is 35.5. The van der Waals surface area contributed by atoms with Gasteiger partial charge in [0.1, 0.15) is 0 Å². The second-order valence-electron chi connectivity index (χ2n) is 5.12. The van der Waals surface area contributed by atoms with Gasteiger partial charge in [0.2, 0.25) is 0 Å². The number of nitrogens with one attached hydrogen (secondary N) is 1. The van der Waals surface area contributed by atoms with E-state index in [-0.39, 0.29) is 6.04 Å². The number of halogens is 2. The zero-order valence-electron chi connectivity index (χ0n) is 12.0. The normalized spacial score (nSPS) is 28.4. The van der Waals surface area contributed by atoms with Gasteiger partial charge in [-0.05, 0) is 30.3 Å². The minimum absolute atomic E-state index is 0.263. The Hall–Kier alpha value is 0.460. The van der Waals surface area contributed by atoms with Crippen molar-refractivity contribution in [2.75, 3.05) is 12.3 Å². The molecule has 2 rings (SSSR count). The Balaban J connectivity index is 2.24. The summed E-state index contributed by atoms with van der Waals surface area (Å²) in [5.41, 5.74) is 1.13. The number of hydrogen-bond acceptors (Lipinski definition) is 3. The van der Waals surface area contributed by atoms with E-state index in [4.69, 9.17) is 23.2 Å². The molecular formula is C15H21Cl2NS2. The lowest BCUT2D eigenvalue weighted by Gasteiger charge is -2.36. The SMILES string of the molecule is CCNC(c1cc(Cl)ccc1Cl)C1CSC(C)C(C)S1. The Morgan fingerprint density at radius 2 is 2.05 bits per heavy atom. The van der Waals surface area contributed by atoms with Crippen LogP contribution in [0.4, 0.5) is 0 Å². The summed E-state index contributed by atoms with van der Waals surface area (Å²) in [6, 6.07) is 6.02. The van der Waals surface area contributed by atoms with Crippen LogP contribution in [0.1, 0.15) is 32.4 Å². The van der Waals surface area contributed by atoms with Crippen LogP contribution in [-0.2, 0) is 0 Å². The van der Waals surface area contributed by atoms with Gasteiger partial charge in [-0.15, -0.1) is 0 Å². The topological polar surface area (TPSA) is 12.0 Å². The van der Waals surface area contributed by atoms with E-state index in [9.17, 15) is 0 Å². The Morgan fingerprint density at radius 1 is 1.30 bits per heavy atom. The van der Waals surface area contributed by atoms with Gasteiger partial charge >= 0.3 is 0 Å². The third-order valence-corrected chi connectivity index (χ3v) is 7.74. The van der Waals surface area contributed by atoms with Gasteiger partial charge in [-0.25, -0.2) is 0 Å². The van der Waals surface area contributed by atoms with E-state index in [1.165, 1.54) is 0 Å². The Bertz CT molecular complexity index is 455. The van der Waals surface area contributed by atoms with Crippen LogP contribution in [0, 0.1) is 0 Å². The van der Waals surface area contributed by atoms with Crippen LogP contribution >= 0.6 is 46.7 Å². The first-order valence-corrected chi connectivity index (χ1v) is 9.73. The van der Waals surface area contributed by atoms with Crippen molar-refractivity contribution in [1.82, 2.24) is 5.32 Å². The molecule has 1 aliphatic heterocycles. The molecule has 0 radical (unpaired) electrons. The predicted octanol–water partition coefficient (Wildman–Crippen LogP) is 5.27. The molecule has 1 N–H and O–H groups in total. The summed E-state index contributed by atoms with van der Waals surface area (Å²) in [5.74, 6) is 1.15. The van der Waals surface area contributed by atoms with Gasteiger partial charge in [-0.3, -0.25) is 0 Å². The van der Waals surface area contributed by atoms with Gasteiger partial charge in [0.05, 0.1) is 0 Å². The third-order valence-electron chi connectivity index (χ3n) is 3.66. The second kappa shape index (κ2) is 7.64. The van der Waals surface area contributed by atoms with Crippen LogP contribution in [0.25, 0.3) is 0 Å². The fourth-order valence-corrected chi connectivity index (χ4v) is 5.92. The van der Waals surface area contributed by atoms with E-state index in [0.29, 0.717) is 15.7 Å². The molecule has 1 heterocycles. The fourth-order valence-electron chi connectivity index (χ4n) is 2.40. The molecule has 112 valence electrons. The van der Waals surface area contributed by atoms with Gasteiger partial charge in [0, 0.05) is 37.6 Å². The van der Waals surface area contributed by atoms with Gasteiger partial charge < -0.3 is 5.32 Å². The highest BCUT2D eigenvalue weighted by molar-refractivity contribution is 8.07.